The molecule has 6 nitrogen and oxygen atoms in total. The second-order valence-corrected chi connectivity index (χ2v) is 6.72. The summed E-state index contributed by atoms with van der Waals surface area (Å²) in [5.41, 5.74) is 1.91. The highest BCUT2D eigenvalue weighted by Crippen LogP contribution is 2.38. The third kappa shape index (κ3) is 3.35. The van der Waals surface area contributed by atoms with Gasteiger partial charge in [-0.15, -0.1) is 0 Å². The number of carbonyl (C=O) groups is 2. The predicted molar refractivity (Wildman–Crippen MR) is 96.1 cm³/mol. The molecule has 0 radical (unpaired) electrons. The lowest BCUT2D eigenvalue weighted by molar-refractivity contribution is -0.117. The zero-order valence-electron chi connectivity index (χ0n) is 14.5. The summed E-state index contributed by atoms with van der Waals surface area (Å²) in [4.78, 5) is 24.8. The highest BCUT2D eigenvalue weighted by molar-refractivity contribution is 6.04. The van der Waals surface area contributed by atoms with E-state index in [1.165, 1.54) is 0 Å². The topological polar surface area (TPSA) is 76.7 Å². The van der Waals surface area contributed by atoms with Gasteiger partial charge in [-0.3, -0.25) is 9.59 Å². The predicted octanol–water partition coefficient (Wildman–Crippen LogP) is 2.94. The van der Waals surface area contributed by atoms with E-state index < -0.39 is 0 Å². The molecule has 0 spiro atoms. The molecule has 2 aromatic carbocycles. The Labute approximate surface area is 151 Å². The molecule has 0 bridgehead atoms. The van der Waals surface area contributed by atoms with Crippen molar-refractivity contribution in [2.24, 2.45) is 11.8 Å². The number of benzene rings is 2. The number of ether oxygens (including phenoxy) is 2. The van der Waals surface area contributed by atoms with Crippen LogP contribution >= 0.6 is 0 Å². The Morgan fingerprint density at radius 3 is 2.69 bits per heavy atom. The fraction of sp³-hybridized carbons (Fsp3) is 0.300. The molecule has 2 aliphatic rings. The number of nitrogens with one attached hydrogen (secondary N) is 2. The molecule has 2 atom stereocenters. The average molecular weight is 352 g/mol. The van der Waals surface area contributed by atoms with Crippen LogP contribution in [0.3, 0.4) is 0 Å². The van der Waals surface area contributed by atoms with Crippen molar-refractivity contribution in [2.45, 2.75) is 19.9 Å². The number of hydrogen-bond acceptors (Lipinski definition) is 4. The van der Waals surface area contributed by atoms with E-state index in [1.807, 2.05) is 25.1 Å². The van der Waals surface area contributed by atoms with Crippen LogP contribution in [0.5, 0.6) is 11.5 Å². The molecule has 0 saturated heterocycles. The first-order valence-electron chi connectivity index (χ1n) is 8.68. The van der Waals surface area contributed by atoms with E-state index >= 15 is 0 Å². The second-order valence-electron chi connectivity index (χ2n) is 6.72. The van der Waals surface area contributed by atoms with Crippen molar-refractivity contribution >= 4 is 17.5 Å². The molecule has 1 aliphatic carbocycles. The number of hydrogen-bond donors (Lipinski definition) is 2. The van der Waals surface area contributed by atoms with E-state index in [-0.39, 0.29) is 24.5 Å². The van der Waals surface area contributed by atoms with Gasteiger partial charge in [0.25, 0.3) is 5.91 Å². The van der Waals surface area contributed by atoms with E-state index in [4.69, 9.17) is 9.47 Å². The number of rotatable bonds is 5. The van der Waals surface area contributed by atoms with E-state index in [1.54, 1.807) is 24.3 Å². The Bertz CT molecular complexity index is 865. The highest BCUT2D eigenvalue weighted by Gasteiger charge is 2.39. The fourth-order valence-electron chi connectivity index (χ4n) is 3.03. The number of anilines is 1. The summed E-state index contributed by atoms with van der Waals surface area (Å²) in [6.45, 7) is 2.63. The summed E-state index contributed by atoms with van der Waals surface area (Å²) in [6, 6.07) is 12.6. The first-order valence-corrected chi connectivity index (χ1v) is 8.68. The van der Waals surface area contributed by atoms with Crippen molar-refractivity contribution in [1.29, 1.82) is 0 Å². The summed E-state index contributed by atoms with van der Waals surface area (Å²) >= 11 is 0. The molecule has 1 fully saturated rings. The molecule has 26 heavy (non-hydrogen) atoms. The number of fused-ring (bicyclic) bond motifs is 1. The van der Waals surface area contributed by atoms with Crippen LogP contribution < -0.4 is 20.1 Å². The van der Waals surface area contributed by atoms with Crippen LogP contribution in [0.1, 0.15) is 29.3 Å². The van der Waals surface area contributed by atoms with Crippen molar-refractivity contribution in [3.05, 3.63) is 53.6 Å². The van der Waals surface area contributed by atoms with Gasteiger partial charge >= 0.3 is 0 Å². The molecule has 0 unspecified atom stereocenters. The maximum absolute atomic E-state index is 12.6. The number of amides is 2. The second kappa shape index (κ2) is 6.71. The zero-order chi connectivity index (χ0) is 18.1. The monoisotopic (exact) mass is 352 g/mol. The van der Waals surface area contributed by atoms with Gasteiger partial charge < -0.3 is 20.1 Å². The molecule has 2 amide bonds. The van der Waals surface area contributed by atoms with Gasteiger partial charge in [-0.2, -0.15) is 0 Å². The third-order valence-electron chi connectivity index (χ3n) is 4.77. The minimum Gasteiger partial charge on any atom is -0.454 e. The lowest BCUT2D eigenvalue weighted by atomic mass is 10.1. The molecule has 1 heterocycles. The maximum atomic E-state index is 12.6. The molecule has 2 aromatic rings. The molecular formula is C20H20N2O4. The largest absolute Gasteiger partial charge is 0.454 e. The van der Waals surface area contributed by atoms with Crippen LogP contribution in [0.25, 0.3) is 0 Å². The van der Waals surface area contributed by atoms with Crippen molar-refractivity contribution in [3.8, 4) is 11.5 Å². The van der Waals surface area contributed by atoms with Crippen LogP contribution in [0.4, 0.5) is 5.69 Å². The highest BCUT2D eigenvalue weighted by atomic mass is 16.7. The summed E-state index contributed by atoms with van der Waals surface area (Å²) < 4.78 is 10.6. The van der Waals surface area contributed by atoms with Gasteiger partial charge in [0.05, 0.1) is 11.3 Å². The van der Waals surface area contributed by atoms with E-state index in [2.05, 4.69) is 10.6 Å². The van der Waals surface area contributed by atoms with Gasteiger partial charge in [0.15, 0.2) is 11.5 Å². The molecule has 1 aliphatic heterocycles. The Hall–Kier alpha value is -3.02. The molecule has 0 aromatic heterocycles. The summed E-state index contributed by atoms with van der Waals surface area (Å²) in [6.07, 6.45) is 0.907. The van der Waals surface area contributed by atoms with Crippen molar-refractivity contribution < 1.29 is 19.1 Å². The average Bonchev–Trinajstić information content (AvgIpc) is 3.20. The fourth-order valence-corrected chi connectivity index (χ4v) is 3.03. The summed E-state index contributed by atoms with van der Waals surface area (Å²) in [5, 5.41) is 5.77. The Balaban J connectivity index is 1.42. The maximum Gasteiger partial charge on any atom is 0.253 e. The minimum atomic E-state index is -0.234. The molecule has 4 rings (SSSR count). The molecule has 2 N–H and O–H groups in total. The van der Waals surface area contributed by atoms with Crippen LogP contribution in [0, 0.1) is 11.8 Å². The Kier molecular flexibility index (Phi) is 4.24. The molecule has 134 valence electrons. The number of carbonyl (C=O) groups excluding carboxylic acids is 2. The van der Waals surface area contributed by atoms with Crippen molar-refractivity contribution in [1.82, 2.24) is 5.32 Å². The minimum absolute atomic E-state index is 0.0199. The quantitative estimate of drug-likeness (QED) is 0.867. The van der Waals surface area contributed by atoms with Gasteiger partial charge in [0.2, 0.25) is 12.7 Å². The van der Waals surface area contributed by atoms with Gasteiger partial charge in [-0.25, -0.2) is 0 Å². The standard InChI is InChI=1S/C20H20N2O4/c1-12-8-15(12)20(24)22-16-5-3-2-4-14(16)19(23)21-10-13-6-7-17-18(9-13)26-11-25-17/h2-7,9,12,15H,8,10-11H2,1H3,(H,21,23)(H,22,24)/t12-,15-/m1/s1. The summed E-state index contributed by atoms with van der Waals surface area (Å²) in [7, 11) is 0. The smallest absolute Gasteiger partial charge is 0.253 e. The van der Waals surface area contributed by atoms with Crippen molar-refractivity contribution in [2.75, 3.05) is 12.1 Å². The van der Waals surface area contributed by atoms with E-state index in [9.17, 15) is 9.59 Å². The van der Waals surface area contributed by atoms with Gasteiger partial charge in [0.1, 0.15) is 0 Å². The Morgan fingerprint density at radius 1 is 1.12 bits per heavy atom. The van der Waals surface area contributed by atoms with Gasteiger partial charge in [0, 0.05) is 12.5 Å². The van der Waals surface area contributed by atoms with Crippen LogP contribution in [0.2, 0.25) is 0 Å². The first kappa shape index (κ1) is 16.4. The molecule has 6 heteroatoms. The molecule has 1 saturated carbocycles. The van der Waals surface area contributed by atoms with E-state index in [0.29, 0.717) is 35.2 Å². The Morgan fingerprint density at radius 2 is 1.88 bits per heavy atom. The first-order chi connectivity index (χ1) is 12.6. The van der Waals surface area contributed by atoms with Gasteiger partial charge in [-0.05, 0) is 42.2 Å². The van der Waals surface area contributed by atoms with Crippen molar-refractivity contribution in [3.63, 3.8) is 0 Å². The summed E-state index contributed by atoms with van der Waals surface area (Å²) in [5.74, 6) is 1.61. The lowest BCUT2D eigenvalue weighted by Gasteiger charge is -2.11. The van der Waals surface area contributed by atoms with Crippen LogP contribution in [0.15, 0.2) is 42.5 Å². The zero-order valence-corrected chi connectivity index (χ0v) is 14.5. The van der Waals surface area contributed by atoms with Gasteiger partial charge in [-0.1, -0.05) is 25.1 Å². The van der Waals surface area contributed by atoms with Crippen LogP contribution in [-0.2, 0) is 11.3 Å². The SMILES string of the molecule is C[C@@H]1C[C@H]1C(=O)Nc1ccccc1C(=O)NCc1ccc2c(c1)OCO2. The van der Waals surface area contributed by atoms with E-state index in [0.717, 1.165) is 12.0 Å². The normalized spacial score (nSPS) is 19.7. The number of para-hydroxylation sites is 1. The third-order valence-corrected chi connectivity index (χ3v) is 4.77. The molecular weight excluding hydrogens is 332 g/mol. The lowest BCUT2D eigenvalue weighted by Crippen LogP contribution is -2.25. The van der Waals surface area contributed by atoms with Crippen LogP contribution in [-0.4, -0.2) is 18.6 Å².